The Morgan fingerprint density at radius 2 is 1.93 bits per heavy atom. The van der Waals surface area contributed by atoms with Crippen LogP contribution in [0.15, 0.2) is 60.7 Å². The van der Waals surface area contributed by atoms with Gasteiger partial charge in [0, 0.05) is 25.0 Å². The zero-order valence-corrected chi connectivity index (χ0v) is 16.5. The standard InChI is InChI=1S/C23H24ClN3O/c24-22-13-20(19-10-4-5-11-21(19)26-22)23(28)25-14-18-9-6-12-27(16-18)15-17-7-2-1-3-8-17/h1-5,7-8,10-11,13,18H,6,9,12,14-16H2,(H,25,28). The van der Waals surface area contributed by atoms with E-state index in [1.807, 2.05) is 30.3 Å². The van der Waals surface area contributed by atoms with Gasteiger partial charge in [0.25, 0.3) is 5.91 Å². The van der Waals surface area contributed by atoms with Gasteiger partial charge in [-0.2, -0.15) is 0 Å². The molecule has 1 N–H and O–H groups in total. The number of benzene rings is 2. The molecule has 2 heterocycles. The minimum absolute atomic E-state index is 0.0827. The highest BCUT2D eigenvalue weighted by atomic mass is 35.5. The van der Waals surface area contributed by atoms with Crippen LogP contribution in [0, 0.1) is 5.92 Å². The summed E-state index contributed by atoms with van der Waals surface area (Å²) >= 11 is 6.12. The zero-order chi connectivity index (χ0) is 19.3. The summed E-state index contributed by atoms with van der Waals surface area (Å²) in [7, 11) is 0. The van der Waals surface area contributed by atoms with Gasteiger partial charge in [0.15, 0.2) is 0 Å². The molecule has 0 spiro atoms. The molecule has 144 valence electrons. The lowest BCUT2D eigenvalue weighted by Gasteiger charge is -2.32. The number of halogens is 1. The highest BCUT2D eigenvalue weighted by molar-refractivity contribution is 6.30. The number of piperidine rings is 1. The first-order chi connectivity index (χ1) is 13.7. The van der Waals surface area contributed by atoms with Crippen LogP contribution in [0.1, 0.15) is 28.8 Å². The first-order valence-electron chi connectivity index (χ1n) is 9.79. The summed E-state index contributed by atoms with van der Waals surface area (Å²) < 4.78 is 0. The molecule has 4 rings (SSSR count). The molecular weight excluding hydrogens is 370 g/mol. The Balaban J connectivity index is 1.38. The molecule has 1 unspecified atom stereocenters. The molecule has 28 heavy (non-hydrogen) atoms. The van der Waals surface area contributed by atoms with E-state index in [9.17, 15) is 4.79 Å². The highest BCUT2D eigenvalue weighted by Gasteiger charge is 2.21. The maximum atomic E-state index is 12.8. The molecule has 0 radical (unpaired) electrons. The molecule has 0 aliphatic carbocycles. The minimum atomic E-state index is -0.0827. The van der Waals surface area contributed by atoms with Crippen LogP contribution in [-0.2, 0) is 6.54 Å². The molecule has 4 nitrogen and oxygen atoms in total. The Labute approximate surface area is 170 Å². The van der Waals surface area contributed by atoms with Crippen molar-refractivity contribution in [2.45, 2.75) is 19.4 Å². The van der Waals surface area contributed by atoms with Crippen molar-refractivity contribution in [3.8, 4) is 0 Å². The molecule has 1 atom stereocenters. The van der Waals surface area contributed by atoms with E-state index in [1.54, 1.807) is 6.07 Å². The van der Waals surface area contributed by atoms with Gasteiger partial charge in [0.05, 0.1) is 11.1 Å². The third kappa shape index (κ3) is 4.51. The van der Waals surface area contributed by atoms with Gasteiger partial charge in [0.1, 0.15) is 5.15 Å². The van der Waals surface area contributed by atoms with Gasteiger partial charge in [-0.05, 0) is 43.0 Å². The van der Waals surface area contributed by atoms with Crippen molar-refractivity contribution in [3.63, 3.8) is 0 Å². The Bertz CT molecular complexity index is 960. The number of nitrogens with one attached hydrogen (secondary N) is 1. The predicted octanol–water partition coefficient (Wildman–Crippen LogP) is 4.53. The number of fused-ring (bicyclic) bond motifs is 1. The van der Waals surface area contributed by atoms with Crippen molar-refractivity contribution in [1.82, 2.24) is 15.2 Å². The lowest BCUT2D eigenvalue weighted by atomic mass is 9.97. The van der Waals surface area contributed by atoms with Crippen LogP contribution in [0.3, 0.4) is 0 Å². The smallest absolute Gasteiger partial charge is 0.252 e. The van der Waals surface area contributed by atoms with Crippen LogP contribution >= 0.6 is 11.6 Å². The van der Waals surface area contributed by atoms with Gasteiger partial charge in [0.2, 0.25) is 0 Å². The van der Waals surface area contributed by atoms with Crippen molar-refractivity contribution in [2.75, 3.05) is 19.6 Å². The highest BCUT2D eigenvalue weighted by Crippen LogP contribution is 2.22. The van der Waals surface area contributed by atoms with E-state index < -0.39 is 0 Å². The molecule has 0 saturated carbocycles. The third-order valence-corrected chi connectivity index (χ3v) is 5.53. The van der Waals surface area contributed by atoms with E-state index in [2.05, 4.69) is 39.5 Å². The molecule has 2 aromatic carbocycles. The molecule has 1 aliphatic heterocycles. The number of hydrogen-bond acceptors (Lipinski definition) is 3. The summed E-state index contributed by atoms with van der Waals surface area (Å²) in [4.78, 5) is 19.6. The van der Waals surface area contributed by atoms with Crippen LogP contribution in [0.4, 0.5) is 0 Å². The quantitative estimate of drug-likeness (QED) is 0.648. The monoisotopic (exact) mass is 393 g/mol. The van der Waals surface area contributed by atoms with E-state index >= 15 is 0 Å². The average Bonchev–Trinajstić information content (AvgIpc) is 2.72. The fraction of sp³-hybridized carbons (Fsp3) is 0.304. The summed E-state index contributed by atoms with van der Waals surface area (Å²) in [5, 5.41) is 4.30. The lowest BCUT2D eigenvalue weighted by molar-refractivity contribution is 0.0932. The van der Waals surface area contributed by atoms with Crippen LogP contribution in [0.2, 0.25) is 5.15 Å². The number of nitrogens with zero attached hydrogens (tertiary/aromatic N) is 2. The number of aromatic nitrogens is 1. The topological polar surface area (TPSA) is 45.2 Å². The first kappa shape index (κ1) is 18.9. The van der Waals surface area contributed by atoms with Crippen LogP contribution < -0.4 is 5.32 Å². The van der Waals surface area contributed by atoms with Crippen LogP contribution in [0.25, 0.3) is 10.9 Å². The number of rotatable bonds is 5. The molecule has 1 saturated heterocycles. The van der Waals surface area contributed by atoms with Gasteiger partial charge in [-0.15, -0.1) is 0 Å². The Hall–Kier alpha value is -2.43. The second kappa shape index (κ2) is 8.72. The Morgan fingerprint density at radius 1 is 1.14 bits per heavy atom. The summed E-state index contributed by atoms with van der Waals surface area (Å²) in [6, 6.07) is 19.8. The number of para-hydroxylation sites is 1. The van der Waals surface area contributed by atoms with E-state index in [-0.39, 0.29) is 5.91 Å². The fourth-order valence-electron chi connectivity index (χ4n) is 3.97. The number of carbonyl (C=O) groups is 1. The van der Waals surface area contributed by atoms with E-state index in [0.29, 0.717) is 23.2 Å². The van der Waals surface area contributed by atoms with Crippen molar-refractivity contribution in [1.29, 1.82) is 0 Å². The number of likely N-dealkylation sites (tertiary alicyclic amines) is 1. The maximum absolute atomic E-state index is 12.8. The molecule has 3 aromatic rings. The van der Waals surface area contributed by atoms with Crippen molar-refractivity contribution < 1.29 is 4.79 Å². The molecule has 1 aliphatic rings. The van der Waals surface area contributed by atoms with Gasteiger partial charge in [-0.3, -0.25) is 9.69 Å². The molecule has 1 fully saturated rings. The third-order valence-electron chi connectivity index (χ3n) is 5.33. The van der Waals surface area contributed by atoms with Gasteiger partial charge < -0.3 is 5.32 Å². The molecule has 5 heteroatoms. The van der Waals surface area contributed by atoms with Gasteiger partial charge in [-0.1, -0.05) is 60.1 Å². The zero-order valence-electron chi connectivity index (χ0n) is 15.8. The van der Waals surface area contributed by atoms with Gasteiger partial charge in [-0.25, -0.2) is 4.98 Å². The largest absolute Gasteiger partial charge is 0.352 e. The van der Waals surface area contributed by atoms with Crippen molar-refractivity contribution in [3.05, 3.63) is 76.9 Å². The molecule has 0 bridgehead atoms. The van der Waals surface area contributed by atoms with Gasteiger partial charge >= 0.3 is 0 Å². The number of hydrogen-bond donors (Lipinski definition) is 1. The molecule has 1 aromatic heterocycles. The number of carbonyl (C=O) groups excluding carboxylic acids is 1. The Kier molecular flexibility index (Phi) is 5.89. The molecular formula is C23H24ClN3O. The van der Waals surface area contributed by atoms with E-state index in [1.165, 1.54) is 5.56 Å². The maximum Gasteiger partial charge on any atom is 0.252 e. The van der Waals surface area contributed by atoms with Crippen LogP contribution in [0.5, 0.6) is 0 Å². The fourth-order valence-corrected chi connectivity index (χ4v) is 4.17. The number of pyridine rings is 1. The number of amides is 1. The van der Waals surface area contributed by atoms with E-state index in [4.69, 9.17) is 11.6 Å². The lowest BCUT2D eigenvalue weighted by Crippen LogP contribution is -2.40. The Morgan fingerprint density at radius 3 is 2.79 bits per heavy atom. The van der Waals surface area contributed by atoms with Crippen molar-refractivity contribution >= 4 is 28.4 Å². The first-order valence-corrected chi connectivity index (χ1v) is 10.2. The summed E-state index contributed by atoms with van der Waals surface area (Å²) in [5.41, 5.74) is 2.67. The van der Waals surface area contributed by atoms with E-state index in [0.717, 1.165) is 43.4 Å². The second-order valence-corrected chi connectivity index (χ2v) is 7.84. The minimum Gasteiger partial charge on any atom is -0.352 e. The summed E-state index contributed by atoms with van der Waals surface area (Å²) in [5.74, 6) is 0.380. The summed E-state index contributed by atoms with van der Waals surface area (Å²) in [6.45, 7) is 3.77. The van der Waals surface area contributed by atoms with Crippen LogP contribution in [-0.4, -0.2) is 35.4 Å². The summed E-state index contributed by atoms with van der Waals surface area (Å²) in [6.07, 6.45) is 2.31. The SMILES string of the molecule is O=C(NCC1CCCN(Cc2ccccc2)C1)c1cc(Cl)nc2ccccc12. The predicted molar refractivity (Wildman–Crippen MR) is 114 cm³/mol. The second-order valence-electron chi connectivity index (χ2n) is 7.45. The average molecular weight is 394 g/mol. The van der Waals surface area contributed by atoms with Crippen molar-refractivity contribution in [2.24, 2.45) is 5.92 Å². The molecule has 1 amide bonds. The normalized spacial score (nSPS) is 17.5.